The van der Waals surface area contributed by atoms with Crippen molar-refractivity contribution in [1.82, 2.24) is 9.47 Å². The maximum Gasteiger partial charge on any atom is 0.419 e. The van der Waals surface area contributed by atoms with Crippen LogP contribution in [0.25, 0.3) is 11.1 Å². The number of benzene rings is 1. The summed E-state index contributed by atoms with van der Waals surface area (Å²) in [5, 5.41) is 0. The Balaban J connectivity index is 1.94. The fourth-order valence-corrected chi connectivity index (χ4v) is 2.72. The average molecular weight is 274 g/mol. The van der Waals surface area contributed by atoms with Crippen molar-refractivity contribution in [3.05, 3.63) is 34.3 Å². The Morgan fingerprint density at radius 2 is 1.85 bits per heavy atom. The minimum Gasteiger partial charge on any atom is -0.408 e. The van der Waals surface area contributed by atoms with Gasteiger partial charge in [0.05, 0.1) is 5.52 Å². The van der Waals surface area contributed by atoms with Gasteiger partial charge in [-0.3, -0.25) is 9.36 Å². The van der Waals surface area contributed by atoms with Gasteiger partial charge < -0.3 is 9.32 Å². The summed E-state index contributed by atoms with van der Waals surface area (Å²) in [7, 11) is 1.65. The van der Waals surface area contributed by atoms with Crippen LogP contribution >= 0.6 is 0 Å². The zero-order valence-corrected chi connectivity index (χ0v) is 11.6. The lowest BCUT2D eigenvalue weighted by Gasteiger charge is -2.20. The number of hydrogen-bond acceptors (Lipinski definition) is 3. The van der Waals surface area contributed by atoms with Crippen molar-refractivity contribution in [1.29, 1.82) is 0 Å². The molecule has 5 nitrogen and oxygen atoms in total. The summed E-state index contributed by atoms with van der Waals surface area (Å²) in [6.45, 7) is 1.64. The van der Waals surface area contributed by atoms with Gasteiger partial charge in [-0.25, -0.2) is 4.79 Å². The molecule has 0 aliphatic carbocycles. The molecule has 1 aliphatic heterocycles. The van der Waals surface area contributed by atoms with Crippen LogP contribution in [0.4, 0.5) is 0 Å². The number of rotatable bonds is 1. The smallest absolute Gasteiger partial charge is 0.408 e. The minimum atomic E-state index is -0.403. The first-order chi connectivity index (χ1) is 9.66. The molecule has 0 spiro atoms. The van der Waals surface area contributed by atoms with E-state index in [0.29, 0.717) is 16.7 Å². The number of hydrogen-bond donors (Lipinski definition) is 0. The largest absolute Gasteiger partial charge is 0.419 e. The molecule has 0 N–H and O–H groups in total. The molecule has 2 aromatic rings. The van der Waals surface area contributed by atoms with Gasteiger partial charge >= 0.3 is 5.76 Å². The van der Waals surface area contributed by atoms with Crippen LogP contribution in [0.1, 0.15) is 36.0 Å². The monoisotopic (exact) mass is 274 g/mol. The molecule has 106 valence electrons. The molecule has 1 amide bonds. The summed E-state index contributed by atoms with van der Waals surface area (Å²) < 4.78 is 6.51. The summed E-state index contributed by atoms with van der Waals surface area (Å²) in [5.41, 5.74) is 1.80. The number of carbonyl (C=O) groups is 1. The van der Waals surface area contributed by atoms with Gasteiger partial charge in [-0.2, -0.15) is 0 Å². The zero-order valence-electron chi connectivity index (χ0n) is 11.6. The Morgan fingerprint density at radius 1 is 1.15 bits per heavy atom. The molecule has 0 atom stereocenters. The molecule has 1 aromatic heterocycles. The maximum atomic E-state index is 12.5. The third kappa shape index (κ3) is 2.24. The quantitative estimate of drug-likeness (QED) is 0.800. The molecule has 0 radical (unpaired) electrons. The second-order valence-corrected chi connectivity index (χ2v) is 5.32. The molecule has 1 saturated heterocycles. The molecule has 0 saturated carbocycles. The highest BCUT2D eigenvalue weighted by Gasteiger charge is 2.18. The SMILES string of the molecule is Cn1c(=O)oc2ccc(C(=O)N3CCCCCC3)cc21. The first-order valence-corrected chi connectivity index (χ1v) is 7.06. The van der Waals surface area contributed by atoms with E-state index in [0.717, 1.165) is 25.9 Å². The molecule has 1 aromatic carbocycles. The van der Waals surface area contributed by atoms with Crippen molar-refractivity contribution in [2.75, 3.05) is 13.1 Å². The van der Waals surface area contributed by atoms with Crippen molar-refractivity contribution in [3.63, 3.8) is 0 Å². The van der Waals surface area contributed by atoms with Crippen LogP contribution in [0.3, 0.4) is 0 Å². The van der Waals surface area contributed by atoms with Crippen LogP contribution in [0.2, 0.25) is 0 Å². The van der Waals surface area contributed by atoms with E-state index >= 15 is 0 Å². The second kappa shape index (κ2) is 5.15. The number of likely N-dealkylation sites (tertiary alicyclic amines) is 1. The molecule has 5 heteroatoms. The van der Waals surface area contributed by atoms with E-state index in [1.165, 1.54) is 17.4 Å². The van der Waals surface area contributed by atoms with Crippen molar-refractivity contribution >= 4 is 17.0 Å². The number of nitrogens with zero attached hydrogens (tertiary/aromatic N) is 2. The molecule has 3 rings (SSSR count). The number of carbonyl (C=O) groups excluding carboxylic acids is 1. The Kier molecular flexibility index (Phi) is 3.34. The van der Waals surface area contributed by atoms with Gasteiger partial charge in [-0.15, -0.1) is 0 Å². The predicted molar refractivity (Wildman–Crippen MR) is 75.8 cm³/mol. The van der Waals surface area contributed by atoms with Crippen LogP contribution in [-0.2, 0) is 7.05 Å². The third-order valence-electron chi connectivity index (χ3n) is 3.93. The highest BCUT2D eigenvalue weighted by molar-refractivity contribution is 5.97. The van der Waals surface area contributed by atoms with Gasteiger partial charge in [0, 0.05) is 25.7 Å². The van der Waals surface area contributed by atoms with Gasteiger partial charge in [0.15, 0.2) is 5.58 Å². The van der Waals surface area contributed by atoms with Gasteiger partial charge in [-0.1, -0.05) is 12.8 Å². The van der Waals surface area contributed by atoms with E-state index in [2.05, 4.69) is 0 Å². The van der Waals surface area contributed by atoms with E-state index in [-0.39, 0.29) is 5.91 Å². The van der Waals surface area contributed by atoms with Crippen molar-refractivity contribution < 1.29 is 9.21 Å². The summed E-state index contributed by atoms with van der Waals surface area (Å²) in [6, 6.07) is 5.17. The number of amides is 1. The van der Waals surface area contributed by atoms with E-state index in [1.807, 2.05) is 4.90 Å². The van der Waals surface area contributed by atoms with Crippen LogP contribution < -0.4 is 5.76 Å². The van der Waals surface area contributed by atoms with Crippen LogP contribution in [0, 0.1) is 0 Å². The molecule has 0 unspecified atom stereocenters. The summed E-state index contributed by atoms with van der Waals surface area (Å²) >= 11 is 0. The van der Waals surface area contributed by atoms with Gasteiger partial charge in [0.1, 0.15) is 0 Å². The van der Waals surface area contributed by atoms with Crippen molar-refractivity contribution in [2.24, 2.45) is 7.05 Å². The Bertz CT molecular complexity index is 691. The average Bonchev–Trinajstić information content (AvgIpc) is 2.66. The molecule has 1 aliphatic rings. The lowest BCUT2D eigenvalue weighted by atomic mass is 10.1. The van der Waals surface area contributed by atoms with Crippen LogP contribution in [0.15, 0.2) is 27.4 Å². The minimum absolute atomic E-state index is 0.0439. The number of oxazole rings is 1. The Labute approximate surface area is 116 Å². The van der Waals surface area contributed by atoms with Gasteiger partial charge in [0.25, 0.3) is 5.91 Å². The second-order valence-electron chi connectivity index (χ2n) is 5.32. The normalized spacial score (nSPS) is 16.4. The summed E-state index contributed by atoms with van der Waals surface area (Å²) in [5.74, 6) is -0.359. The van der Waals surface area contributed by atoms with E-state index in [1.54, 1.807) is 25.2 Å². The Hall–Kier alpha value is -2.04. The molecule has 0 bridgehead atoms. The lowest BCUT2D eigenvalue weighted by molar-refractivity contribution is 0.0762. The number of aryl methyl sites for hydroxylation is 1. The number of fused-ring (bicyclic) bond motifs is 1. The first kappa shape index (κ1) is 13.0. The molecule has 20 heavy (non-hydrogen) atoms. The predicted octanol–water partition coefficient (Wildman–Crippen LogP) is 2.15. The fourth-order valence-electron chi connectivity index (χ4n) is 2.72. The highest BCUT2D eigenvalue weighted by Crippen LogP contribution is 2.18. The topological polar surface area (TPSA) is 55.5 Å². The first-order valence-electron chi connectivity index (χ1n) is 7.06. The third-order valence-corrected chi connectivity index (χ3v) is 3.93. The standard InChI is InChI=1S/C15H18N2O3/c1-16-12-10-11(6-7-13(12)20-15(16)19)14(18)17-8-4-2-3-5-9-17/h6-7,10H,2-5,8-9H2,1H3. The Morgan fingerprint density at radius 3 is 2.55 bits per heavy atom. The van der Waals surface area contributed by atoms with Crippen LogP contribution in [-0.4, -0.2) is 28.5 Å². The zero-order chi connectivity index (χ0) is 14.1. The van der Waals surface area contributed by atoms with Crippen LogP contribution in [0.5, 0.6) is 0 Å². The van der Waals surface area contributed by atoms with Gasteiger partial charge in [0.2, 0.25) is 0 Å². The number of aromatic nitrogens is 1. The van der Waals surface area contributed by atoms with Crippen molar-refractivity contribution in [3.8, 4) is 0 Å². The molecule has 1 fully saturated rings. The van der Waals surface area contributed by atoms with E-state index in [4.69, 9.17) is 4.42 Å². The summed E-state index contributed by atoms with van der Waals surface area (Å²) in [6.07, 6.45) is 4.52. The lowest BCUT2D eigenvalue weighted by Crippen LogP contribution is -2.31. The summed E-state index contributed by atoms with van der Waals surface area (Å²) in [4.78, 5) is 25.9. The molecular weight excluding hydrogens is 256 g/mol. The molecule has 2 heterocycles. The highest BCUT2D eigenvalue weighted by atomic mass is 16.4. The van der Waals surface area contributed by atoms with E-state index < -0.39 is 5.76 Å². The molecular formula is C15H18N2O3. The van der Waals surface area contributed by atoms with Crippen molar-refractivity contribution in [2.45, 2.75) is 25.7 Å². The maximum absolute atomic E-state index is 12.5. The van der Waals surface area contributed by atoms with Gasteiger partial charge in [-0.05, 0) is 31.0 Å². The fraction of sp³-hybridized carbons (Fsp3) is 0.467. The van der Waals surface area contributed by atoms with E-state index in [9.17, 15) is 9.59 Å².